The SMILES string of the molecule is c1ccc(-c2ccc(N(c3ccc4ccccc4c3)c3cc4c5cc(-c6cccc7ccccc67)ccc5sc4c4ccccc34)cc2)cc1. The molecule has 0 radical (unpaired) electrons. The fourth-order valence-electron chi connectivity index (χ4n) is 7.59. The highest BCUT2D eigenvalue weighted by atomic mass is 32.1. The van der Waals surface area contributed by atoms with E-state index in [0.29, 0.717) is 0 Å². The number of hydrogen-bond acceptors (Lipinski definition) is 2. The molecule has 0 N–H and O–H groups in total. The smallest absolute Gasteiger partial charge is 0.0547 e. The first kappa shape index (κ1) is 28.8. The fraction of sp³-hybridized carbons (Fsp3) is 0. The van der Waals surface area contributed by atoms with Crippen LogP contribution in [-0.2, 0) is 0 Å². The molecule has 0 spiro atoms. The summed E-state index contributed by atoms with van der Waals surface area (Å²) in [5, 5.41) is 10.1. The van der Waals surface area contributed by atoms with Crippen molar-refractivity contribution in [3.05, 3.63) is 188 Å². The van der Waals surface area contributed by atoms with Crippen molar-refractivity contribution < 1.29 is 0 Å². The Morgan fingerprint density at radius 1 is 0.340 bits per heavy atom. The Morgan fingerprint density at radius 3 is 1.82 bits per heavy atom. The molecular formula is C48H31NS. The monoisotopic (exact) mass is 653 g/mol. The van der Waals surface area contributed by atoms with E-state index in [1.807, 2.05) is 11.3 Å². The highest BCUT2D eigenvalue weighted by Gasteiger charge is 2.20. The van der Waals surface area contributed by atoms with Crippen molar-refractivity contribution >= 4 is 80.9 Å². The predicted octanol–water partition coefficient (Wildman–Crippen LogP) is 14.3. The number of benzene rings is 9. The second-order valence-electron chi connectivity index (χ2n) is 12.9. The Balaban J connectivity index is 1.23. The number of nitrogens with zero attached hydrogens (tertiary/aromatic N) is 1. The maximum atomic E-state index is 2.45. The van der Waals surface area contributed by atoms with Crippen LogP contribution in [0.4, 0.5) is 17.1 Å². The van der Waals surface area contributed by atoms with E-state index in [4.69, 9.17) is 0 Å². The van der Waals surface area contributed by atoms with E-state index in [-0.39, 0.29) is 0 Å². The van der Waals surface area contributed by atoms with Crippen LogP contribution in [0, 0.1) is 0 Å². The number of hydrogen-bond donors (Lipinski definition) is 0. The number of rotatable bonds is 5. The molecule has 1 heterocycles. The molecule has 0 aliphatic rings. The first-order valence-electron chi connectivity index (χ1n) is 17.1. The summed E-state index contributed by atoms with van der Waals surface area (Å²) < 4.78 is 2.63. The van der Waals surface area contributed by atoms with Crippen molar-refractivity contribution in [1.29, 1.82) is 0 Å². The molecular weight excluding hydrogens is 623 g/mol. The maximum absolute atomic E-state index is 2.45. The van der Waals surface area contributed by atoms with Crippen LogP contribution in [-0.4, -0.2) is 0 Å². The van der Waals surface area contributed by atoms with Crippen LogP contribution in [0.5, 0.6) is 0 Å². The third-order valence-corrected chi connectivity index (χ3v) is 11.2. The van der Waals surface area contributed by atoms with E-state index in [0.717, 1.165) is 11.4 Å². The summed E-state index contributed by atoms with van der Waals surface area (Å²) in [6.07, 6.45) is 0. The van der Waals surface area contributed by atoms with Crippen molar-refractivity contribution in [2.24, 2.45) is 0 Å². The van der Waals surface area contributed by atoms with E-state index >= 15 is 0 Å². The van der Waals surface area contributed by atoms with Crippen LogP contribution < -0.4 is 4.90 Å². The third kappa shape index (κ3) is 4.76. The Hall–Kier alpha value is -6.22. The topological polar surface area (TPSA) is 3.24 Å². The van der Waals surface area contributed by atoms with Crippen molar-refractivity contribution in [3.8, 4) is 22.3 Å². The van der Waals surface area contributed by atoms with Crippen molar-refractivity contribution in [1.82, 2.24) is 0 Å². The van der Waals surface area contributed by atoms with Gasteiger partial charge >= 0.3 is 0 Å². The molecule has 0 saturated carbocycles. The lowest BCUT2D eigenvalue weighted by Crippen LogP contribution is -2.10. The van der Waals surface area contributed by atoms with Crippen LogP contribution in [0.25, 0.3) is 74.7 Å². The normalized spacial score (nSPS) is 11.6. The average molecular weight is 654 g/mol. The number of fused-ring (bicyclic) bond motifs is 7. The molecule has 0 bridgehead atoms. The fourth-order valence-corrected chi connectivity index (χ4v) is 8.79. The van der Waals surface area contributed by atoms with Crippen molar-refractivity contribution in [3.63, 3.8) is 0 Å². The van der Waals surface area contributed by atoms with Gasteiger partial charge in [-0.05, 0) is 86.3 Å². The lowest BCUT2D eigenvalue weighted by Gasteiger charge is -2.28. The maximum Gasteiger partial charge on any atom is 0.0547 e. The molecule has 0 unspecified atom stereocenters. The molecule has 9 aromatic carbocycles. The van der Waals surface area contributed by atoms with Gasteiger partial charge in [-0.25, -0.2) is 0 Å². The minimum Gasteiger partial charge on any atom is -0.310 e. The number of anilines is 3. The molecule has 50 heavy (non-hydrogen) atoms. The van der Waals surface area contributed by atoms with Gasteiger partial charge in [-0.15, -0.1) is 11.3 Å². The summed E-state index contributed by atoms with van der Waals surface area (Å²) in [4.78, 5) is 2.45. The second kappa shape index (κ2) is 11.7. The summed E-state index contributed by atoms with van der Waals surface area (Å²) in [6.45, 7) is 0. The molecule has 0 fully saturated rings. The van der Waals surface area contributed by atoms with E-state index < -0.39 is 0 Å². The average Bonchev–Trinajstić information content (AvgIpc) is 3.56. The van der Waals surface area contributed by atoms with Gasteiger partial charge in [0.1, 0.15) is 0 Å². The molecule has 0 saturated heterocycles. The van der Waals surface area contributed by atoms with E-state index in [1.165, 1.54) is 80.4 Å². The Labute approximate surface area is 294 Å². The molecule has 0 amide bonds. The minimum absolute atomic E-state index is 1.13. The van der Waals surface area contributed by atoms with Crippen LogP contribution >= 0.6 is 11.3 Å². The zero-order valence-electron chi connectivity index (χ0n) is 27.3. The molecule has 0 aliphatic heterocycles. The summed E-state index contributed by atoms with van der Waals surface area (Å²) in [6, 6.07) is 68.7. The van der Waals surface area contributed by atoms with Gasteiger partial charge in [0.15, 0.2) is 0 Å². The van der Waals surface area contributed by atoms with Gasteiger partial charge < -0.3 is 4.90 Å². The molecule has 10 rings (SSSR count). The van der Waals surface area contributed by atoms with Crippen LogP contribution in [0.3, 0.4) is 0 Å². The third-order valence-electron chi connectivity index (χ3n) is 10.0. The molecule has 2 heteroatoms. The highest BCUT2D eigenvalue weighted by Crippen LogP contribution is 2.47. The second-order valence-corrected chi connectivity index (χ2v) is 14.0. The zero-order valence-corrected chi connectivity index (χ0v) is 28.1. The van der Waals surface area contributed by atoms with Gasteiger partial charge in [0, 0.05) is 42.3 Å². The Kier molecular flexibility index (Phi) is 6.75. The molecule has 0 aliphatic carbocycles. The molecule has 1 nitrogen and oxygen atoms in total. The van der Waals surface area contributed by atoms with Gasteiger partial charge in [0.2, 0.25) is 0 Å². The van der Waals surface area contributed by atoms with Crippen LogP contribution in [0.1, 0.15) is 0 Å². The van der Waals surface area contributed by atoms with Crippen LogP contribution in [0.15, 0.2) is 188 Å². The largest absolute Gasteiger partial charge is 0.310 e. The van der Waals surface area contributed by atoms with E-state index in [1.54, 1.807) is 0 Å². The standard InChI is InChI=1S/C48H31NS/c1-2-11-32(12-3-1)34-21-25-38(26-22-34)49(39-27-23-33-13-4-5-15-36(33)29-39)46-31-45-44-30-37(41-20-10-16-35-14-6-7-17-40(35)41)24-28-47(44)50-48(45)43-19-9-8-18-42(43)46/h1-31H. The van der Waals surface area contributed by atoms with Gasteiger partial charge in [0.25, 0.3) is 0 Å². The van der Waals surface area contributed by atoms with Gasteiger partial charge in [-0.1, -0.05) is 146 Å². The van der Waals surface area contributed by atoms with Crippen molar-refractivity contribution in [2.45, 2.75) is 0 Å². The quantitative estimate of drug-likeness (QED) is 0.179. The summed E-state index contributed by atoms with van der Waals surface area (Å²) in [5.74, 6) is 0. The van der Waals surface area contributed by atoms with E-state index in [2.05, 4.69) is 193 Å². The molecule has 234 valence electrons. The highest BCUT2D eigenvalue weighted by molar-refractivity contribution is 7.26. The molecule has 10 aromatic rings. The van der Waals surface area contributed by atoms with E-state index in [9.17, 15) is 0 Å². The summed E-state index contributed by atoms with van der Waals surface area (Å²) in [5.41, 5.74) is 8.37. The number of thiophene rings is 1. The summed E-state index contributed by atoms with van der Waals surface area (Å²) in [7, 11) is 0. The zero-order chi connectivity index (χ0) is 33.0. The lowest BCUT2D eigenvalue weighted by molar-refractivity contribution is 1.31. The summed E-state index contributed by atoms with van der Waals surface area (Å²) >= 11 is 1.89. The predicted molar refractivity (Wildman–Crippen MR) is 217 cm³/mol. The first-order valence-corrected chi connectivity index (χ1v) is 17.9. The first-order chi connectivity index (χ1) is 24.8. The Bertz CT molecular complexity index is 2860. The van der Waals surface area contributed by atoms with Crippen molar-refractivity contribution in [2.75, 3.05) is 4.90 Å². The lowest BCUT2D eigenvalue weighted by atomic mass is 9.96. The Morgan fingerprint density at radius 2 is 0.980 bits per heavy atom. The van der Waals surface area contributed by atoms with Gasteiger partial charge in [0.05, 0.1) is 5.69 Å². The van der Waals surface area contributed by atoms with Gasteiger partial charge in [-0.3, -0.25) is 0 Å². The van der Waals surface area contributed by atoms with Crippen LogP contribution in [0.2, 0.25) is 0 Å². The van der Waals surface area contributed by atoms with Gasteiger partial charge in [-0.2, -0.15) is 0 Å². The molecule has 1 aromatic heterocycles. The molecule has 0 atom stereocenters. The minimum atomic E-state index is 1.13.